The molecule has 1 aromatic carbocycles. The van der Waals surface area contributed by atoms with Crippen LogP contribution in [-0.2, 0) is 0 Å². The average Bonchev–Trinajstić information content (AvgIpc) is 2.56. The lowest BCUT2D eigenvalue weighted by molar-refractivity contribution is 0.412. The van der Waals surface area contributed by atoms with Crippen LogP contribution in [0.1, 0.15) is 18.9 Å². The summed E-state index contributed by atoms with van der Waals surface area (Å²) >= 11 is 0. The highest BCUT2D eigenvalue weighted by atomic mass is 16.5. The van der Waals surface area contributed by atoms with Gasteiger partial charge in [-0.2, -0.15) is 0 Å². The van der Waals surface area contributed by atoms with Crippen LogP contribution < -0.4 is 14.8 Å². The van der Waals surface area contributed by atoms with E-state index in [1.807, 2.05) is 43.6 Å². The monoisotopic (exact) mass is 298 g/mol. The second-order valence-corrected chi connectivity index (χ2v) is 5.06. The number of pyridine rings is 1. The second kappa shape index (κ2) is 8.20. The summed E-state index contributed by atoms with van der Waals surface area (Å²) in [5.41, 5.74) is 1.02. The van der Waals surface area contributed by atoms with Gasteiger partial charge in [-0.05, 0) is 56.3 Å². The van der Waals surface area contributed by atoms with Gasteiger partial charge in [0.1, 0.15) is 17.2 Å². The molecule has 0 aliphatic carbocycles. The minimum absolute atomic E-state index is 0.461. The van der Waals surface area contributed by atoms with Crippen molar-refractivity contribution in [2.75, 3.05) is 14.2 Å². The summed E-state index contributed by atoms with van der Waals surface area (Å²) < 4.78 is 10.9. The molecule has 2 rings (SSSR count). The third kappa shape index (κ3) is 4.90. The second-order valence-electron chi connectivity index (χ2n) is 5.06. The number of nitrogens with zero attached hydrogens (tertiary/aromatic N) is 1. The van der Waals surface area contributed by atoms with Gasteiger partial charge in [-0.3, -0.25) is 4.98 Å². The summed E-state index contributed by atoms with van der Waals surface area (Å²) in [6.07, 6.45) is 8.69. The minimum atomic E-state index is 0.461. The molecule has 1 unspecified atom stereocenters. The summed E-state index contributed by atoms with van der Waals surface area (Å²) in [4.78, 5) is 4.22. The molecule has 0 spiro atoms. The first-order chi connectivity index (χ1) is 10.7. The van der Waals surface area contributed by atoms with Gasteiger partial charge in [0.25, 0.3) is 0 Å². The number of methoxy groups -OCH3 is 1. The summed E-state index contributed by atoms with van der Waals surface area (Å²) in [7, 11) is 3.61. The minimum Gasteiger partial charge on any atom is -0.497 e. The van der Waals surface area contributed by atoms with E-state index in [0.717, 1.165) is 23.5 Å². The van der Waals surface area contributed by atoms with Crippen molar-refractivity contribution in [1.29, 1.82) is 0 Å². The predicted molar refractivity (Wildman–Crippen MR) is 89.5 cm³/mol. The normalized spacial score (nSPS) is 12.3. The number of aromatic nitrogens is 1. The number of hydrogen-bond donors (Lipinski definition) is 1. The molecule has 2 aromatic rings. The fraction of sp³-hybridized carbons (Fsp3) is 0.278. The third-order valence-electron chi connectivity index (χ3n) is 3.32. The van der Waals surface area contributed by atoms with Crippen molar-refractivity contribution in [3.05, 3.63) is 54.4 Å². The largest absolute Gasteiger partial charge is 0.497 e. The first-order valence-electron chi connectivity index (χ1n) is 7.32. The Labute approximate surface area is 131 Å². The fourth-order valence-corrected chi connectivity index (χ4v) is 1.89. The highest BCUT2D eigenvalue weighted by Crippen LogP contribution is 2.24. The van der Waals surface area contributed by atoms with E-state index in [0.29, 0.717) is 11.8 Å². The SMILES string of the molecule is CNC(C)CC=Cc1cncc(Oc2ccc(OC)cc2)c1. The van der Waals surface area contributed by atoms with E-state index in [-0.39, 0.29) is 0 Å². The van der Waals surface area contributed by atoms with E-state index in [1.165, 1.54) is 0 Å². The van der Waals surface area contributed by atoms with Crippen LogP contribution in [0, 0.1) is 0 Å². The van der Waals surface area contributed by atoms with Crippen molar-refractivity contribution in [2.45, 2.75) is 19.4 Å². The topological polar surface area (TPSA) is 43.4 Å². The van der Waals surface area contributed by atoms with Crippen LogP contribution in [0.5, 0.6) is 17.2 Å². The van der Waals surface area contributed by atoms with Crippen molar-refractivity contribution in [3.63, 3.8) is 0 Å². The summed E-state index contributed by atoms with van der Waals surface area (Å²) in [5.74, 6) is 2.28. The van der Waals surface area contributed by atoms with Crippen LogP contribution in [0.4, 0.5) is 0 Å². The molecule has 4 heteroatoms. The zero-order valence-corrected chi connectivity index (χ0v) is 13.2. The van der Waals surface area contributed by atoms with E-state index in [1.54, 1.807) is 13.3 Å². The molecule has 116 valence electrons. The molecule has 0 amide bonds. The number of benzene rings is 1. The first-order valence-corrected chi connectivity index (χ1v) is 7.32. The molecular weight excluding hydrogens is 276 g/mol. The lowest BCUT2D eigenvalue weighted by Crippen LogP contribution is -2.19. The number of rotatable bonds is 7. The van der Waals surface area contributed by atoms with Crippen molar-refractivity contribution in [2.24, 2.45) is 0 Å². The van der Waals surface area contributed by atoms with E-state index in [9.17, 15) is 0 Å². The molecular formula is C18H22N2O2. The zero-order chi connectivity index (χ0) is 15.8. The molecule has 0 bridgehead atoms. The third-order valence-corrected chi connectivity index (χ3v) is 3.32. The van der Waals surface area contributed by atoms with E-state index < -0.39 is 0 Å². The van der Waals surface area contributed by atoms with E-state index >= 15 is 0 Å². The Morgan fingerprint density at radius 1 is 1.14 bits per heavy atom. The molecule has 1 atom stereocenters. The van der Waals surface area contributed by atoms with Crippen molar-refractivity contribution in [1.82, 2.24) is 10.3 Å². The Hall–Kier alpha value is -2.33. The van der Waals surface area contributed by atoms with Crippen LogP contribution in [0.3, 0.4) is 0 Å². The first kappa shape index (κ1) is 16.0. The maximum Gasteiger partial charge on any atom is 0.146 e. The van der Waals surface area contributed by atoms with Gasteiger partial charge in [0.15, 0.2) is 0 Å². The fourth-order valence-electron chi connectivity index (χ4n) is 1.89. The molecule has 1 aromatic heterocycles. The van der Waals surface area contributed by atoms with Gasteiger partial charge >= 0.3 is 0 Å². The van der Waals surface area contributed by atoms with Crippen molar-refractivity contribution < 1.29 is 9.47 Å². The van der Waals surface area contributed by atoms with Gasteiger partial charge in [0, 0.05) is 12.2 Å². The van der Waals surface area contributed by atoms with Gasteiger partial charge in [-0.15, -0.1) is 0 Å². The van der Waals surface area contributed by atoms with Gasteiger partial charge in [0.05, 0.1) is 13.3 Å². The smallest absolute Gasteiger partial charge is 0.146 e. The predicted octanol–water partition coefficient (Wildman–Crippen LogP) is 3.89. The molecule has 1 heterocycles. The van der Waals surface area contributed by atoms with Gasteiger partial charge in [-0.1, -0.05) is 12.2 Å². The van der Waals surface area contributed by atoms with Gasteiger partial charge in [0.2, 0.25) is 0 Å². The molecule has 0 aliphatic rings. The van der Waals surface area contributed by atoms with Gasteiger partial charge in [-0.25, -0.2) is 0 Å². The van der Waals surface area contributed by atoms with Crippen LogP contribution in [-0.4, -0.2) is 25.2 Å². The molecule has 0 fully saturated rings. The lowest BCUT2D eigenvalue weighted by atomic mass is 10.2. The lowest BCUT2D eigenvalue weighted by Gasteiger charge is -2.07. The quantitative estimate of drug-likeness (QED) is 0.842. The van der Waals surface area contributed by atoms with Gasteiger partial charge < -0.3 is 14.8 Å². The van der Waals surface area contributed by atoms with Crippen molar-refractivity contribution in [3.8, 4) is 17.2 Å². The Morgan fingerprint density at radius 3 is 2.55 bits per heavy atom. The average molecular weight is 298 g/mol. The molecule has 22 heavy (non-hydrogen) atoms. The van der Waals surface area contributed by atoms with Crippen LogP contribution in [0.2, 0.25) is 0 Å². The van der Waals surface area contributed by atoms with E-state index in [2.05, 4.69) is 29.4 Å². The Balaban J connectivity index is 2.01. The maximum absolute atomic E-state index is 5.80. The number of nitrogens with one attached hydrogen (secondary N) is 1. The van der Waals surface area contributed by atoms with Crippen LogP contribution in [0.15, 0.2) is 48.8 Å². The summed E-state index contributed by atoms with van der Waals surface area (Å²) in [6, 6.07) is 9.91. The highest BCUT2D eigenvalue weighted by Gasteiger charge is 2.00. The number of ether oxygens (including phenoxy) is 2. The molecule has 0 radical (unpaired) electrons. The Kier molecular flexibility index (Phi) is 5.98. The zero-order valence-electron chi connectivity index (χ0n) is 13.2. The summed E-state index contributed by atoms with van der Waals surface area (Å²) in [5, 5.41) is 3.20. The van der Waals surface area contributed by atoms with Crippen molar-refractivity contribution >= 4 is 6.08 Å². The molecule has 0 saturated carbocycles. The Bertz CT molecular complexity index is 609. The maximum atomic E-state index is 5.80. The van der Waals surface area contributed by atoms with E-state index in [4.69, 9.17) is 9.47 Å². The summed E-state index contributed by atoms with van der Waals surface area (Å²) in [6.45, 7) is 2.14. The Morgan fingerprint density at radius 2 is 1.86 bits per heavy atom. The standard InChI is InChI=1S/C18H22N2O2/c1-14(19-2)5-4-6-15-11-18(13-20-12-15)22-17-9-7-16(21-3)8-10-17/h4,6-14,19H,5H2,1-3H3. The molecule has 0 saturated heterocycles. The molecule has 0 aliphatic heterocycles. The number of hydrogen-bond acceptors (Lipinski definition) is 4. The molecule has 1 N–H and O–H groups in total. The van der Waals surface area contributed by atoms with Crippen LogP contribution >= 0.6 is 0 Å². The van der Waals surface area contributed by atoms with Crippen LogP contribution in [0.25, 0.3) is 6.08 Å². The molecule has 4 nitrogen and oxygen atoms in total. The highest BCUT2D eigenvalue weighted by molar-refractivity contribution is 5.50.